The van der Waals surface area contributed by atoms with Gasteiger partial charge >= 0.3 is 0 Å². The van der Waals surface area contributed by atoms with Crippen molar-refractivity contribution in [1.29, 1.82) is 0 Å². The number of hydrogen-bond donors (Lipinski definition) is 1. The first-order chi connectivity index (χ1) is 20.5. The Labute approximate surface area is 251 Å². The van der Waals surface area contributed by atoms with Crippen LogP contribution in [0.2, 0.25) is 0 Å². The number of anilines is 3. The van der Waals surface area contributed by atoms with Crippen LogP contribution in [0, 0.1) is 0 Å². The standard InChI is InChI=1S/C36H44N4O2/c1-38-21-18-30(36(41)37-32-13-8-27(9-14-32)25-39(2)34-7-6-22-42-26-34)24-31-23-29(12-17-35(31)38)28-10-15-33(16-11-28)40-19-4-3-5-20-40/h8-17,23-24,34H,3-7,18-22,25-26H2,1-2H3,(H,37,41). The minimum absolute atomic E-state index is 0.0308. The van der Waals surface area contributed by atoms with Crippen LogP contribution in [0.3, 0.4) is 0 Å². The zero-order valence-corrected chi connectivity index (χ0v) is 25.1. The fourth-order valence-electron chi connectivity index (χ4n) is 6.45. The molecule has 0 aromatic heterocycles. The van der Waals surface area contributed by atoms with Gasteiger partial charge in [-0.2, -0.15) is 0 Å². The predicted molar refractivity (Wildman–Crippen MR) is 174 cm³/mol. The zero-order valence-electron chi connectivity index (χ0n) is 25.1. The number of nitrogens with zero attached hydrogens (tertiary/aromatic N) is 3. The number of likely N-dealkylation sites (N-methyl/N-ethyl adjacent to an activating group) is 1. The molecule has 0 radical (unpaired) electrons. The van der Waals surface area contributed by atoms with E-state index in [2.05, 4.69) is 94.8 Å². The fraction of sp³-hybridized carbons (Fsp3) is 0.417. The maximum atomic E-state index is 13.4. The largest absolute Gasteiger partial charge is 0.380 e. The topological polar surface area (TPSA) is 48.1 Å². The van der Waals surface area contributed by atoms with Gasteiger partial charge in [-0.25, -0.2) is 0 Å². The molecule has 6 heteroatoms. The van der Waals surface area contributed by atoms with Crippen LogP contribution in [-0.4, -0.2) is 63.8 Å². The molecular formula is C36H44N4O2. The maximum Gasteiger partial charge on any atom is 0.251 e. The lowest BCUT2D eigenvalue weighted by Gasteiger charge is -2.31. The summed E-state index contributed by atoms with van der Waals surface area (Å²) in [4.78, 5) is 20.5. The van der Waals surface area contributed by atoms with Gasteiger partial charge in [-0.15, -0.1) is 0 Å². The van der Waals surface area contributed by atoms with E-state index in [-0.39, 0.29) is 5.91 Å². The van der Waals surface area contributed by atoms with Crippen molar-refractivity contribution in [2.24, 2.45) is 0 Å². The van der Waals surface area contributed by atoms with E-state index in [1.165, 1.54) is 48.1 Å². The van der Waals surface area contributed by atoms with Crippen molar-refractivity contribution in [3.05, 3.63) is 83.4 Å². The molecule has 3 aliphatic heterocycles. The smallest absolute Gasteiger partial charge is 0.251 e. The van der Waals surface area contributed by atoms with Crippen LogP contribution in [0.4, 0.5) is 17.1 Å². The molecule has 0 saturated carbocycles. The van der Waals surface area contributed by atoms with Crippen molar-refractivity contribution in [2.75, 3.05) is 62.1 Å². The number of carbonyl (C=O) groups is 1. The van der Waals surface area contributed by atoms with Gasteiger partial charge in [0.15, 0.2) is 0 Å². The highest BCUT2D eigenvalue weighted by Crippen LogP contribution is 2.33. The second-order valence-corrected chi connectivity index (χ2v) is 12.1. The summed E-state index contributed by atoms with van der Waals surface area (Å²) in [7, 11) is 4.27. The van der Waals surface area contributed by atoms with Gasteiger partial charge in [0.2, 0.25) is 0 Å². The first-order valence-corrected chi connectivity index (χ1v) is 15.6. The summed E-state index contributed by atoms with van der Waals surface area (Å²) in [5.41, 5.74) is 8.80. The Bertz CT molecular complexity index is 1390. The van der Waals surface area contributed by atoms with E-state index < -0.39 is 0 Å². The molecule has 3 heterocycles. The molecule has 3 aliphatic rings. The van der Waals surface area contributed by atoms with Crippen LogP contribution in [0.1, 0.15) is 49.7 Å². The van der Waals surface area contributed by atoms with Gasteiger partial charge in [-0.05, 0) is 110 Å². The number of ether oxygens (including phenoxy) is 1. The van der Waals surface area contributed by atoms with Crippen molar-refractivity contribution < 1.29 is 9.53 Å². The number of nitrogens with one attached hydrogen (secondary N) is 1. The highest BCUT2D eigenvalue weighted by molar-refractivity contribution is 6.07. The van der Waals surface area contributed by atoms with Gasteiger partial charge in [0.05, 0.1) is 6.61 Å². The minimum atomic E-state index is -0.0308. The van der Waals surface area contributed by atoms with Gasteiger partial charge < -0.3 is 19.9 Å². The lowest BCUT2D eigenvalue weighted by Crippen LogP contribution is -2.37. The molecule has 42 heavy (non-hydrogen) atoms. The van der Waals surface area contributed by atoms with Gasteiger partial charge in [0.25, 0.3) is 5.91 Å². The van der Waals surface area contributed by atoms with E-state index in [1.54, 1.807) is 0 Å². The van der Waals surface area contributed by atoms with E-state index in [4.69, 9.17) is 4.74 Å². The number of piperidine rings is 1. The molecular weight excluding hydrogens is 520 g/mol. The van der Waals surface area contributed by atoms with Gasteiger partial charge in [-0.1, -0.05) is 30.3 Å². The minimum Gasteiger partial charge on any atom is -0.380 e. The average Bonchev–Trinajstić information content (AvgIpc) is 3.21. The first kappa shape index (κ1) is 28.5. The third-order valence-corrected chi connectivity index (χ3v) is 9.10. The Balaban J connectivity index is 1.14. The van der Waals surface area contributed by atoms with Crippen LogP contribution < -0.4 is 15.1 Å². The first-order valence-electron chi connectivity index (χ1n) is 15.6. The molecule has 0 bridgehead atoms. The fourth-order valence-corrected chi connectivity index (χ4v) is 6.45. The highest BCUT2D eigenvalue weighted by atomic mass is 16.5. The molecule has 1 N–H and O–H groups in total. The van der Waals surface area contributed by atoms with E-state index >= 15 is 0 Å². The van der Waals surface area contributed by atoms with Crippen molar-refractivity contribution in [3.63, 3.8) is 0 Å². The average molecular weight is 565 g/mol. The maximum absolute atomic E-state index is 13.4. The van der Waals surface area contributed by atoms with Crippen LogP contribution in [0.5, 0.6) is 0 Å². The lowest BCUT2D eigenvalue weighted by molar-refractivity contribution is -0.112. The molecule has 1 amide bonds. The summed E-state index contributed by atoms with van der Waals surface area (Å²) in [5, 5.41) is 3.15. The Morgan fingerprint density at radius 1 is 0.929 bits per heavy atom. The second-order valence-electron chi connectivity index (χ2n) is 12.1. The molecule has 220 valence electrons. The summed E-state index contributed by atoms with van der Waals surface area (Å²) >= 11 is 0. The Morgan fingerprint density at radius 2 is 1.69 bits per heavy atom. The molecule has 6 nitrogen and oxygen atoms in total. The summed E-state index contributed by atoms with van der Waals surface area (Å²) < 4.78 is 5.65. The quantitative estimate of drug-likeness (QED) is 0.341. The van der Waals surface area contributed by atoms with Crippen LogP contribution in [0.25, 0.3) is 17.2 Å². The molecule has 0 spiro atoms. The second kappa shape index (κ2) is 13.1. The number of carbonyl (C=O) groups excluding carboxylic acids is 1. The predicted octanol–water partition coefficient (Wildman–Crippen LogP) is 6.82. The van der Waals surface area contributed by atoms with Crippen molar-refractivity contribution in [1.82, 2.24) is 4.90 Å². The summed E-state index contributed by atoms with van der Waals surface area (Å²) in [6.45, 7) is 5.66. The van der Waals surface area contributed by atoms with Crippen molar-refractivity contribution in [2.45, 2.75) is 51.1 Å². The Kier molecular flexibility index (Phi) is 8.92. The molecule has 1 atom stereocenters. The molecule has 3 aromatic rings. The van der Waals surface area contributed by atoms with Crippen LogP contribution in [0.15, 0.2) is 72.3 Å². The van der Waals surface area contributed by atoms with E-state index in [1.807, 2.05) is 12.1 Å². The highest BCUT2D eigenvalue weighted by Gasteiger charge is 2.20. The number of benzene rings is 3. The number of fused-ring (bicyclic) bond motifs is 1. The van der Waals surface area contributed by atoms with Crippen molar-refractivity contribution >= 4 is 29.0 Å². The van der Waals surface area contributed by atoms with E-state index in [9.17, 15) is 4.79 Å². The molecule has 3 aromatic carbocycles. The van der Waals surface area contributed by atoms with Crippen LogP contribution in [-0.2, 0) is 16.1 Å². The molecule has 1 unspecified atom stereocenters. The third-order valence-electron chi connectivity index (χ3n) is 9.10. The SMILES string of the molecule is CN1CCC(C(=O)Nc2ccc(CN(C)C3CCCOC3)cc2)=Cc2cc(-c3ccc(N4CCCCC4)cc3)ccc21. The van der Waals surface area contributed by atoms with Gasteiger partial charge in [0.1, 0.15) is 0 Å². The third kappa shape index (κ3) is 6.71. The van der Waals surface area contributed by atoms with Gasteiger partial charge in [-0.3, -0.25) is 9.69 Å². The van der Waals surface area contributed by atoms with E-state index in [0.29, 0.717) is 12.5 Å². The van der Waals surface area contributed by atoms with Crippen LogP contribution >= 0.6 is 0 Å². The monoisotopic (exact) mass is 564 g/mol. The number of hydrogen-bond acceptors (Lipinski definition) is 5. The molecule has 2 saturated heterocycles. The Morgan fingerprint density at radius 3 is 2.43 bits per heavy atom. The molecule has 2 fully saturated rings. The van der Waals surface area contributed by atoms with E-state index in [0.717, 1.165) is 68.3 Å². The number of rotatable bonds is 7. The Hall–Kier alpha value is -3.61. The summed E-state index contributed by atoms with van der Waals surface area (Å²) in [5.74, 6) is -0.0308. The summed E-state index contributed by atoms with van der Waals surface area (Å²) in [6.07, 6.45) is 8.99. The lowest BCUT2D eigenvalue weighted by atomic mass is 9.99. The molecule has 0 aliphatic carbocycles. The molecule has 6 rings (SSSR count). The normalized spacial score (nSPS) is 19.2. The van der Waals surface area contributed by atoms with Crippen molar-refractivity contribution in [3.8, 4) is 11.1 Å². The summed E-state index contributed by atoms with van der Waals surface area (Å²) in [6, 6.07) is 24.3. The van der Waals surface area contributed by atoms with Gasteiger partial charge in [0, 0.05) is 68.5 Å². The zero-order chi connectivity index (χ0) is 28.9. The number of amides is 1.